The van der Waals surface area contributed by atoms with Gasteiger partial charge in [0.25, 0.3) is 0 Å². The molecular formula is C15H10F3NO. The lowest BCUT2D eigenvalue weighted by Gasteiger charge is -2.09. The van der Waals surface area contributed by atoms with Crippen molar-refractivity contribution in [3.63, 3.8) is 0 Å². The Balaban J connectivity index is 2.15. The lowest BCUT2D eigenvalue weighted by atomic mass is 10.0. The SMILES string of the molecule is N#CCc1ccc(-c2ccc(OC(F)(F)F)cc2)cc1. The maximum atomic E-state index is 12.0. The molecule has 0 aromatic heterocycles. The van der Waals surface area contributed by atoms with Crippen LogP contribution in [0.5, 0.6) is 5.75 Å². The number of benzene rings is 2. The molecule has 102 valence electrons. The van der Waals surface area contributed by atoms with E-state index in [0.29, 0.717) is 6.42 Å². The summed E-state index contributed by atoms with van der Waals surface area (Å²) in [4.78, 5) is 0. The number of alkyl halides is 3. The fourth-order valence-corrected chi connectivity index (χ4v) is 1.76. The van der Waals surface area contributed by atoms with Crippen LogP contribution in [0.3, 0.4) is 0 Å². The van der Waals surface area contributed by atoms with E-state index in [0.717, 1.165) is 16.7 Å². The van der Waals surface area contributed by atoms with Gasteiger partial charge in [-0.15, -0.1) is 13.2 Å². The van der Waals surface area contributed by atoms with Gasteiger partial charge in [-0.2, -0.15) is 5.26 Å². The number of ether oxygens (including phenoxy) is 1. The highest BCUT2D eigenvalue weighted by Gasteiger charge is 2.30. The fourth-order valence-electron chi connectivity index (χ4n) is 1.76. The molecule has 0 saturated carbocycles. The van der Waals surface area contributed by atoms with E-state index in [2.05, 4.69) is 4.74 Å². The molecular weight excluding hydrogens is 267 g/mol. The van der Waals surface area contributed by atoms with Crippen LogP contribution in [0.4, 0.5) is 13.2 Å². The largest absolute Gasteiger partial charge is 0.573 e. The molecule has 5 heteroatoms. The Labute approximate surface area is 114 Å². The summed E-state index contributed by atoms with van der Waals surface area (Å²) in [5.41, 5.74) is 2.54. The van der Waals surface area contributed by atoms with Crippen LogP contribution in [-0.4, -0.2) is 6.36 Å². The van der Waals surface area contributed by atoms with E-state index in [1.807, 2.05) is 30.3 Å². The first-order valence-electron chi connectivity index (χ1n) is 5.80. The van der Waals surface area contributed by atoms with Crippen molar-refractivity contribution in [3.05, 3.63) is 54.1 Å². The third-order valence-electron chi connectivity index (χ3n) is 2.66. The summed E-state index contributed by atoms with van der Waals surface area (Å²) in [6, 6.07) is 15.0. The molecule has 0 aliphatic rings. The normalized spacial score (nSPS) is 10.9. The summed E-state index contributed by atoms with van der Waals surface area (Å²) in [5.74, 6) is -0.248. The van der Waals surface area contributed by atoms with Crippen molar-refractivity contribution in [2.45, 2.75) is 12.8 Å². The molecule has 0 unspecified atom stereocenters. The van der Waals surface area contributed by atoms with E-state index in [9.17, 15) is 13.2 Å². The monoisotopic (exact) mass is 277 g/mol. The van der Waals surface area contributed by atoms with Crippen molar-refractivity contribution < 1.29 is 17.9 Å². The quantitative estimate of drug-likeness (QED) is 0.837. The second-order valence-corrected chi connectivity index (χ2v) is 4.10. The lowest BCUT2D eigenvalue weighted by Crippen LogP contribution is -2.16. The lowest BCUT2D eigenvalue weighted by molar-refractivity contribution is -0.274. The van der Waals surface area contributed by atoms with E-state index in [1.54, 1.807) is 12.1 Å². The van der Waals surface area contributed by atoms with Gasteiger partial charge in [0.05, 0.1) is 12.5 Å². The molecule has 0 spiro atoms. The number of hydrogen-bond acceptors (Lipinski definition) is 2. The Bertz CT molecular complexity index is 610. The van der Waals surface area contributed by atoms with Crippen LogP contribution < -0.4 is 4.74 Å². The molecule has 0 amide bonds. The Morgan fingerprint density at radius 2 is 1.40 bits per heavy atom. The summed E-state index contributed by atoms with van der Waals surface area (Å²) < 4.78 is 39.9. The van der Waals surface area contributed by atoms with Crippen LogP contribution in [0.15, 0.2) is 48.5 Å². The average Bonchev–Trinajstić information content (AvgIpc) is 2.39. The van der Waals surface area contributed by atoms with E-state index < -0.39 is 6.36 Å². The third-order valence-corrected chi connectivity index (χ3v) is 2.66. The first-order valence-corrected chi connectivity index (χ1v) is 5.80. The third kappa shape index (κ3) is 3.75. The molecule has 0 radical (unpaired) electrons. The smallest absolute Gasteiger partial charge is 0.406 e. The van der Waals surface area contributed by atoms with Crippen LogP contribution in [0, 0.1) is 11.3 Å². The zero-order valence-corrected chi connectivity index (χ0v) is 10.3. The minimum Gasteiger partial charge on any atom is -0.406 e. The topological polar surface area (TPSA) is 33.0 Å². The minimum atomic E-state index is -4.68. The molecule has 2 nitrogen and oxygen atoms in total. The Kier molecular flexibility index (Phi) is 3.94. The minimum absolute atomic E-state index is 0.248. The zero-order chi connectivity index (χ0) is 14.6. The van der Waals surface area contributed by atoms with Crippen LogP contribution in [0.1, 0.15) is 5.56 Å². The number of hydrogen-bond donors (Lipinski definition) is 0. The fraction of sp³-hybridized carbons (Fsp3) is 0.133. The average molecular weight is 277 g/mol. The van der Waals surface area contributed by atoms with Gasteiger partial charge in [-0.3, -0.25) is 0 Å². The highest BCUT2D eigenvalue weighted by atomic mass is 19.4. The van der Waals surface area contributed by atoms with Crippen LogP contribution in [-0.2, 0) is 6.42 Å². The highest BCUT2D eigenvalue weighted by molar-refractivity contribution is 5.64. The summed E-state index contributed by atoms with van der Waals surface area (Å²) in [7, 11) is 0. The molecule has 0 aliphatic carbocycles. The molecule has 20 heavy (non-hydrogen) atoms. The van der Waals surface area contributed by atoms with Gasteiger partial charge in [0.15, 0.2) is 0 Å². The van der Waals surface area contributed by atoms with Gasteiger partial charge >= 0.3 is 6.36 Å². The molecule has 0 bridgehead atoms. The Morgan fingerprint density at radius 3 is 1.85 bits per heavy atom. The molecule has 0 N–H and O–H groups in total. The Hall–Kier alpha value is -2.48. The van der Waals surface area contributed by atoms with Crippen LogP contribution >= 0.6 is 0 Å². The highest BCUT2D eigenvalue weighted by Crippen LogP contribution is 2.26. The van der Waals surface area contributed by atoms with Gasteiger partial charge in [-0.1, -0.05) is 36.4 Å². The molecule has 0 saturated heterocycles. The standard InChI is InChI=1S/C15H10F3NO/c16-15(17,18)20-14-7-5-13(6-8-14)12-3-1-11(2-4-12)9-10-19/h1-8H,9H2. The Morgan fingerprint density at radius 1 is 0.900 bits per heavy atom. The molecule has 0 fully saturated rings. The molecule has 0 aliphatic heterocycles. The predicted molar refractivity (Wildman–Crippen MR) is 67.9 cm³/mol. The van der Waals surface area contributed by atoms with Gasteiger partial charge in [0.1, 0.15) is 5.75 Å². The maximum Gasteiger partial charge on any atom is 0.573 e. The molecule has 2 rings (SSSR count). The van der Waals surface area contributed by atoms with Gasteiger partial charge < -0.3 is 4.74 Å². The summed E-state index contributed by atoms with van der Waals surface area (Å²) in [5, 5.41) is 8.57. The van der Waals surface area contributed by atoms with Crippen LogP contribution in [0.2, 0.25) is 0 Å². The second kappa shape index (κ2) is 5.66. The van der Waals surface area contributed by atoms with Crippen molar-refractivity contribution in [1.29, 1.82) is 5.26 Å². The number of halogens is 3. The van der Waals surface area contributed by atoms with Gasteiger partial charge in [0, 0.05) is 0 Å². The van der Waals surface area contributed by atoms with Crippen LogP contribution in [0.25, 0.3) is 11.1 Å². The summed E-state index contributed by atoms with van der Waals surface area (Å²) in [6.45, 7) is 0. The van der Waals surface area contributed by atoms with Crippen molar-refractivity contribution in [2.75, 3.05) is 0 Å². The van der Waals surface area contributed by atoms with Gasteiger partial charge in [0.2, 0.25) is 0 Å². The predicted octanol–water partition coefficient (Wildman–Crippen LogP) is 4.32. The molecule has 0 heterocycles. The number of nitrogens with zero attached hydrogens (tertiary/aromatic N) is 1. The van der Waals surface area contributed by atoms with Crippen molar-refractivity contribution in [2.24, 2.45) is 0 Å². The summed E-state index contributed by atoms with van der Waals surface area (Å²) in [6.07, 6.45) is -4.35. The first kappa shape index (κ1) is 13.9. The van der Waals surface area contributed by atoms with Gasteiger partial charge in [-0.05, 0) is 28.8 Å². The molecule has 2 aromatic carbocycles. The zero-order valence-electron chi connectivity index (χ0n) is 10.3. The molecule has 0 atom stereocenters. The van der Waals surface area contributed by atoms with Gasteiger partial charge in [-0.25, -0.2) is 0 Å². The number of rotatable bonds is 3. The first-order chi connectivity index (χ1) is 9.48. The van der Waals surface area contributed by atoms with Crippen molar-refractivity contribution in [3.8, 4) is 22.9 Å². The van der Waals surface area contributed by atoms with E-state index in [1.165, 1.54) is 12.1 Å². The van der Waals surface area contributed by atoms with E-state index in [-0.39, 0.29) is 5.75 Å². The summed E-state index contributed by atoms with van der Waals surface area (Å²) >= 11 is 0. The van der Waals surface area contributed by atoms with Crippen molar-refractivity contribution in [1.82, 2.24) is 0 Å². The van der Waals surface area contributed by atoms with E-state index in [4.69, 9.17) is 5.26 Å². The second-order valence-electron chi connectivity index (χ2n) is 4.10. The number of nitriles is 1. The van der Waals surface area contributed by atoms with E-state index >= 15 is 0 Å². The maximum absolute atomic E-state index is 12.0. The molecule has 2 aromatic rings. The van der Waals surface area contributed by atoms with Crippen molar-refractivity contribution >= 4 is 0 Å².